The molecule has 0 radical (unpaired) electrons. The highest BCUT2D eigenvalue weighted by Gasteiger charge is 2.27. The van der Waals surface area contributed by atoms with Crippen molar-refractivity contribution in [2.45, 2.75) is 6.18 Å². The van der Waals surface area contributed by atoms with Crippen LogP contribution in [0.2, 0.25) is 0 Å². The fraction of sp³-hybridized carbons (Fsp3) is 0.333. The zero-order chi connectivity index (χ0) is 16.0. The Hall–Kier alpha value is -2.29. The quantitative estimate of drug-likeness (QED) is 0.838. The molecule has 0 saturated heterocycles. The molecule has 0 bridgehead atoms. The molecule has 0 spiro atoms. The Morgan fingerprint density at radius 2 is 2.00 bits per heavy atom. The number of nitrogens with one attached hydrogen (secondary N) is 1. The van der Waals surface area contributed by atoms with Crippen LogP contribution in [0.15, 0.2) is 18.2 Å². The van der Waals surface area contributed by atoms with E-state index in [4.69, 9.17) is 9.84 Å². The van der Waals surface area contributed by atoms with Crippen molar-refractivity contribution in [3.8, 4) is 5.75 Å². The minimum atomic E-state index is -4.51. The van der Waals surface area contributed by atoms with Gasteiger partial charge in [-0.3, -0.25) is 4.79 Å². The number of anilines is 1. The van der Waals surface area contributed by atoms with Gasteiger partial charge >= 0.3 is 12.1 Å². The predicted octanol–water partition coefficient (Wildman–Crippen LogP) is 1.91. The Kier molecular flexibility index (Phi) is 5.53. The molecule has 0 aromatic heterocycles. The molecule has 9 heteroatoms. The van der Waals surface area contributed by atoms with Gasteiger partial charge in [0, 0.05) is 0 Å². The Bertz CT molecular complexity index is 530. The number of hydrogen-bond donors (Lipinski definition) is 2. The van der Waals surface area contributed by atoms with Crippen LogP contribution in [-0.4, -0.2) is 43.5 Å². The first-order valence-corrected chi connectivity index (χ1v) is 5.58. The second-order valence-corrected chi connectivity index (χ2v) is 3.88. The second kappa shape index (κ2) is 6.93. The summed E-state index contributed by atoms with van der Waals surface area (Å²) in [7, 11) is 1.26. The number of alkyl halides is 3. The van der Waals surface area contributed by atoms with Crippen LogP contribution in [0, 0.1) is 0 Å². The van der Waals surface area contributed by atoms with Gasteiger partial charge in [0.2, 0.25) is 5.91 Å². The summed E-state index contributed by atoms with van der Waals surface area (Å²) < 4.78 is 44.6. The van der Waals surface area contributed by atoms with Gasteiger partial charge in [-0.15, -0.1) is 0 Å². The van der Waals surface area contributed by atoms with Crippen molar-refractivity contribution in [1.29, 1.82) is 0 Å². The van der Waals surface area contributed by atoms with E-state index in [1.54, 1.807) is 0 Å². The maximum Gasteiger partial charge on any atom is 0.411 e. The van der Waals surface area contributed by atoms with Crippen LogP contribution < -0.4 is 10.1 Å². The van der Waals surface area contributed by atoms with Gasteiger partial charge in [0.25, 0.3) is 0 Å². The van der Waals surface area contributed by atoms with Crippen LogP contribution in [0.25, 0.3) is 0 Å². The molecule has 1 aromatic rings. The number of carboxylic acid groups (broad SMARTS) is 1. The highest BCUT2D eigenvalue weighted by atomic mass is 19.4. The van der Waals surface area contributed by atoms with Crippen molar-refractivity contribution in [2.24, 2.45) is 0 Å². The molecule has 0 aliphatic carbocycles. The first-order valence-electron chi connectivity index (χ1n) is 5.58. The Morgan fingerprint density at radius 3 is 2.52 bits per heavy atom. The second-order valence-electron chi connectivity index (χ2n) is 3.88. The molecule has 1 amide bonds. The van der Waals surface area contributed by atoms with E-state index in [0.29, 0.717) is 0 Å². The van der Waals surface area contributed by atoms with Crippen molar-refractivity contribution < 1.29 is 37.3 Å². The molecule has 1 rings (SSSR count). The number of carboxylic acids is 1. The third-order valence-electron chi connectivity index (χ3n) is 2.22. The molecule has 1 aromatic carbocycles. The molecule has 0 aliphatic heterocycles. The van der Waals surface area contributed by atoms with Crippen molar-refractivity contribution in [3.05, 3.63) is 23.8 Å². The Balaban J connectivity index is 2.65. The predicted molar refractivity (Wildman–Crippen MR) is 65.5 cm³/mol. The summed E-state index contributed by atoms with van der Waals surface area (Å²) in [6.45, 7) is -2.32. The maximum atomic E-state index is 11.8. The summed E-state index contributed by atoms with van der Waals surface area (Å²) >= 11 is 0. The van der Waals surface area contributed by atoms with Crippen LogP contribution in [0.3, 0.4) is 0 Å². The van der Waals surface area contributed by atoms with Crippen LogP contribution >= 0.6 is 0 Å². The number of hydrogen-bond acceptors (Lipinski definition) is 4. The monoisotopic (exact) mass is 307 g/mol. The number of rotatable bonds is 6. The van der Waals surface area contributed by atoms with E-state index in [0.717, 1.165) is 0 Å². The third kappa shape index (κ3) is 5.69. The maximum absolute atomic E-state index is 11.8. The number of methoxy groups -OCH3 is 1. The average molecular weight is 307 g/mol. The number of carbonyl (C=O) groups excluding carboxylic acids is 1. The van der Waals surface area contributed by atoms with Crippen LogP contribution in [0.5, 0.6) is 5.75 Å². The van der Waals surface area contributed by atoms with Gasteiger partial charge in [0.15, 0.2) is 0 Å². The van der Waals surface area contributed by atoms with Gasteiger partial charge < -0.3 is 19.9 Å². The minimum Gasteiger partial charge on any atom is -0.495 e. The lowest BCUT2D eigenvalue weighted by Crippen LogP contribution is -2.24. The molecular weight excluding hydrogens is 295 g/mol. The van der Waals surface area contributed by atoms with Gasteiger partial charge in [0.1, 0.15) is 19.0 Å². The third-order valence-corrected chi connectivity index (χ3v) is 2.22. The molecular formula is C12H12F3NO5. The molecule has 0 fully saturated rings. The first-order chi connectivity index (χ1) is 9.73. The Morgan fingerprint density at radius 1 is 1.33 bits per heavy atom. The highest BCUT2D eigenvalue weighted by Crippen LogP contribution is 2.25. The smallest absolute Gasteiger partial charge is 0.411 e. The van der Waals surface area contributed by atoms with Crippen molar-refractivity contribution >= 4 is 17.6 Å². The van der Waals surface area contributed by atoms with E-state index in [1.807, 2.05) is 0 Å². The lowest BCUT2D eigenvalue weighted by atomic mass is 10.2. The number of ether oxygens (including phenoxy) is 2. The largest absolute Gasteiger partial charge is 0.495 e. The number of aromatic carboxylic acids is 1. The number of carbonyl (C=O) groups is 2. The lowest BCUT2D eigenvalue weighted by molar-refractivity contribution is -0.174. The SMILES string of the molecule is COc1cc(C(=O)O)ccc1NC(=O)COCC(F)(F)F. The standard InChI is InChI=1S/C12H12F3NO5/c1-20-9-4-7(11(18)19)2-3-8(9)16-10(17)5-21-6-12(13,14)15/h2-4H,5-6H2,1H3,(H,16,17)(H,18,19). The lowest BCUT2D eigenvalue weighted by Gasteiger charge is -2.11. The normalized spacial score (nSPS) is 11.0. The van der Waals surface area contributed by atoms with Crippen LogP contribution in [-0.2, 0) is 9.53 Å². The summed E-state index contributed by atoms with van der Waals surface area (Å²) in [5.74, 6) is -1.93. The van der Waals surface area contributed by atoms with Gasteiger partial charge in [-0.05, 0) is 18.2 Å². The van der Waals surface area contributed by atoms with E-state index in [9.17, 15) is 22.8 Å². The molecule has 116 valence electrons. The molecule has 6 nitrogen and oxygen atoms in total. The van der Waals surface area contributed by atoms with Gasteiger partial charge in [-0.1, -0.05) is 0 Å². The molecule has 0 aliphatic rings. The summed E-state index contributed by atoms with van der Waals surface area (Å²) in [6.07, 6.45) is -4.51. The van der Waals surface area contributed by atoms with Crippen LogP contribution in [0.1, 0.15) is 10.4 Å². The highest BCUT2D eigenvalue weighted by molar-refractivity contribution is 5.95. The van der Waals surface area contributed by atoms with Crippen molar-refractivity contribution in [3.63, 3.8) is 0 Å². The summed E-state index contributed by atoms with van der Waals surface area (Å²) in [6, 6.07) is 3.66. The zero-order valence-electron chi connectivity index (χ0n) is 10.9. The van der Waals surface area contributed by atoms with E-state index in [2.05, 4.69) is 10.1 Å². The van der Waals surface area contributed by atoms with Gasteiger partial charge in [-0.25, -0.2) is 4.79 Å². The van der Waals surface area contributed by atoms with Gasteiger partial charge in [-0.2, -0.15) is 13.2 Å². The topological polar surface area (TPSA) is 84.9 Å². The Labute approximate surface area is 117 Å². The summed E-state index contributed by atoms with van der Waals surface area (Å²) in [4.78, 5) is 22.2. The van der Waals surface area contributed by atoms with E-state index < -0.39 is 31.3 Å². The molecule has 0 atom stereocenters. The number of amides is 1. The molecule has 0 unspecified atom stereocenters. The first kappa shape index (κ1) is 16.8. The van der Waals surface area contributed by atoms with Crippen LogP contribution in [0.4, 0.5) is 18.9 Å². The molecule has 2 N–H and O–H groups in total. The fourth-order valence-electron chi connectivity index (χ4n) is 1.37. The van der Waals surface area contributed by atoms with Gasteiger partial charge in [0.05, 0.1) is 18.4 Å². The fourth-order valence-corrected chi connectivity index (χ4v) is 1.37. The minimum absolute atomic E-state index is 0.0572. The summed E-state index contributed by atoms with van der Waals surface area (Å²) in [5, 5.41) is 11.1. The molecule has 21 heavy (non-hydrogen) atoms. The molecule has 0 heterocycles. The number of benzene rings is 1. The van der Waals surface area contributed by atoms with E-state index >= 15 is 0 Å². The van der Waals surface area contributed by atoms with Crippen molar-refractivity contribution in [1.82, 2.24) is 0 Å². The zero-order valence-corrected chi connectivity index (χ0v) is 10.9. The van der Waals surface area contributed by atoms with E-state index in [1.165, 1.54) is 25.3 Å². The van der Waals surface area contributed by atoms with Crippen molar-refractivity contribution in [2.75, 3.05) is 25.6 Å². The summed E-state index contributed by atoms with van der Waals surface area (Å²) in [5.41, 5.74) is 0.0706. The van der Waals surface area contributed by atoms with E-state index in [-0.39, 0.29) is 17.0 Å². The average Bonchev–Trinajstić information content (AvgIpc) is 2.37. The number of halogens is 3. The molecule has 0 saturated carbocycles.